The lowest BCUT2D eigenvalue weighted by Crippen LogP contribution is -2.39. The summed E-state index contributed by atoms with van der Waals surface area (Å²) in [5, 5.41) is 0. The van der Waals surface area contributed by atoms with Gasteiger partial charge >= 0.3 is 0 Å². The van der Waals surface area contributed by atoms with E-state index in [1.807, 2.05) is 0 Å². The van der Waals surface area contributed by atoms with E-state index in [4.69, 9.17) is 0 Å². The Morgan fingerprint density at radius 2 is 0.723 bits per heavy atom. The van der Waals surface area contributed by atoms with Crippen LogP contribution < -0.4 is 4.90 Å². The highest BCUT2D eigenvalue weighted by molar-refractivity contribution is 5.51. The van der Waals surface area contributed by atoms with Crippen LogP contribution in [-0.2, 0) is 0 Å². The average molecular weight is 651 g/mol. The molecule has 1 aromatic carbocycles. The fourth-order valence-corrected chi connectivity index (χ4v) is 7.62. The summed E-state index contributed by atoms with van der Waals surface area (Å²) in [7, 11) is 0. The molecule has 1 unspecified atom stereocenters. The van der Waals surface area contributed by atoms with Crippen molar-refractivity contribution in [2.24, 2.45) is 0 Å². The van der Waals surface area contributed by atoms with E-state index in [9.17, 15) is 0 Å². The van der Waals surface area contributed by atoms with E-state index in [0.29, 0.717) is 6.17 Å². The van der Waals surface area contributed by atoms with Crippen molar-refractivity contribution in [2.75, 3.05) is 11.4 Å². The number of anilines is 1. The van der Waals surface area contributed by atoms with Gasteiger partial charge in [-0.05, 0) is 31.4 Å². The monoisotopic (exact) mass is 651 g/mol. The summed E-state index contributed by atoms with van der Waals surface area (Å²) in [5.74, 6) is 0. The highest BCUT2D eigenvalue weighted by Gasteiger charge is 2.26. The lowest BCUT2D eigenvalue weighted by Gasteiger charge is -2.33. The molecule has 1 heterocycles. The van der Waals surface area contributed by atoms with Crippen molar-refractivity contribution in [3.05, 3.63) is 42.7 Å². The summed E-state index contributed by atoms with van der Waals surface area (Å²) in [6, 6.07) is 11.1. The van der Waals surface area contributed by atoms with Crippen LogP contribution in [-0.4, -0.2) is 17.6 Å². The van der Waals surface area contributed by atoms with Gasteiger partial charge in [-0.2, -0.15) is 0 Å². The van der Waals surface area contributed by atoms with Crippen molar-refractivity contribution in [3.63, 3.8) is 0 Å². The fraction of sp³-hybridized carbons (Fsp3) is 0.822. The lowest BCUT2D eigenvalue weighted by molar-refractivity contribution is 0.273. The Labute approximate surface area is 295 Å². The Morgan fingerprint density at radius 3 is 1.11 bits per heavy atom. The normalized spacial score (nSPS) is 14.6. The molecular weight excluding hydrogens is 569 g/mol. The second kappa shape index (κ2) is 31.8. The van der Waals surface area contributed by atoms with Crippen LogP contribution in [0.5, 0.6) is 0 Å². The smallest absolute Gasteiger partial charge is 0.105 e. The maximum absolute atomic E-state index is 2.65. The van der Waals surface area contributed by atoms with Crippen molar-refractivity contribution in [1.82, 2.24) is 4.90 Å². The summed E-state index contributed by atoms with van der Waals surface area (Å²) in [5.41, 5.74) is 1.35. The molecule has 1 aromatic rings. The SMILES string of the molecule is CCCCCCCCCCCCCCCCCCCC1N(CCCCCCCCCCCCCCCCC)C=CN1c1ccccc1. The van der Waals surface area contributed by atoms with Crippen LogP contribution in [0.25, 0.3) is 0 Å². The summed E-state index contributed by atoms with van der Waals surface area (Å²) in [6.07, 6.45) is 52.6. The van der Waals surface area contributed by atoms with E-state index in [1.54, 1.807) is 0 Å². The van der Waals surface area contributed by atoms with Crippen LogP contribution in [0.4, 0.5) is 5.69 Å². The topological polar surface area (TPSA) is 6.48 Å². The first-order valence-electron chi connectivity index (χ1n) is 21.6. The van der Waals surface area contributed by atoms with Crippen LogP contribution in [0, 0.1) is 0 Å². The van der Waals surface area contributed by atoms with Gasteiger partial charge in [-0.3, -0.25) is 0 Å². The number of rotatable bonds is 35. The number of hydrogen-bond acceptors (Lipinski definition) is 2. The zero-order chi connectivity index (χ0) is 33.3. The van der Waals surface area contributed by atoms with Gasteiger partial charge in [0.15, 0.2) is 0 Å². The fourth-order valence-electron chi connectivity index (χ4n) is 7.62. The Morgan fingerprint density at radius 1 is 0.383 bits per heavy atom. The van der Waals surface area contributed by atoms with Crippen LogP contribution in [0.2, 0.25) is 0 Å². The van der Waals surface area contributed by atoms with E-state index < -0.39 is 0 Å². The molecule has 0 saturated heterocycles. The van der Waals surface area contributed by atoms with E-state index in [-0.39, 0.29) is 0 Å². The molecule has 2 heteroatoms. The zero-order valence-corrected chi connectivity index (χ0v) is 32.1. The van der Waals surface area contributed by atoms with E-state index in [2.05, 4.69) is 66.4 Å². The minimum Gasteiger partial charge on any atom is -0.356 e. The zero-order valence-electron chi connectivity index (χ0n) is 32.1. The first-order valence-corrected chi connectivity index (χ1v) is 21.6. The second-order valence-electron chi connectivity index (χ2n) is 15.2. The number of benzene rings is 1. The highest BCUT2D eigenvalue weighted by Crippen LogP contribution is 2.28. The summed E-state index contributed by atoms with van der Waals surface area (Å²) in [6.45, 7) is 5.83. The Kier molecular flexibility index (Phi) is 28.2. The molecule has 0 aliphatic carbocycles. The van der Waals surface area contributed by atoms with Gasteiger partial charge in [0, 0.05) is 24.6 Å². The minimum absolute atomic E-state index is 0.500. The van der Waals surface area contributed by atoms with Gasteiger partial charge in [0.2, 0.25) is 0 Å². The molecule has 0 fully saturated rings. The summed E-state index contributed by atoms with van der Waals surface area (Å²) in [4.78, 5) is 5.19. The molecule has 0 radical (unpaired) electrons. The van der Waals surface area contributed by atoms with E-state index >= 15 is 0 Å². The number of unbranched alkanes of at least 4 members (excludes halogenated alkanes) is 30. The predicted octanol–water partition coefficient (Wildman–Crippen LogP) is 15.5. The molecule has 47 heavy (non-hydrogen) atoms. The van der Waals surface area contributed by atoms with Crippen LogP contribution >= 0.6 is 0 Å². The van der Waals surface area contributed by atoms with Gasteiger partial charge in [0.25, 0.3) is 0 Å². The molecule has 0 N–H and O–H groups in total. The van der Waals surface area contributed by atoms with Crippen molar-refractivity contribution in [2.45, 2.75) is 232 Å². The molecule has 0 amide bonds. The Bertz CT molecular complexity index is 788. The molecule has 0 spiro atoms. The molecule has 1 atom stereocenters. The van der Waals surface area contributed by atoms with Gasteiger partial charge in [-0.25, -0.2) is 0 Å². The van der Waals surface area contributed by atoms with Crippen molar-refractivity contribution < 1.29 is 0 Å². The van der Waals surface area contributed by atoms with Gasteiger partial charge in [-0.15, -0.1) is 0 Å². The van der Waals surface area contributed by atoms with Crippen LogP contribution in [0.3, 0.4) is 0 Å². The minimum atomic E-state index is 0.500. The number of para-hydroxylation sites is 1. The van der Waals surface area contributed by atoms with E-state index in [0.717, 1.165) is 0 Å². The van der Waals surface area contributed by atoms with Gasteiger partial charge < -0.3 is 9.80 Å². The third-order valence-corrected chi connectivity index (χ3v) is 10.8. The standard InChI is InChI=1S/C45H82N2/c1-3-5-7-9-11-13-15-17-19-20-21-23-25-27-29-31-36-40-45-46(42-43-47(45)44-38-34-33-35-39-44)41-37-32-30-28-26-24-22-18-16-14-12-10-8-6-4-2/h33-35,38-39,42-43,45H,3-32,36-37,40-41H2,1-2H3. The first kappa shape index (κ1) is 41.7. The first-order chi connectivity index (χ1) is 23.4. The Hall–Kier alpha value is -1.44. The number of hydrogen-bond donors (Lipinski definition) is 0. The molecule has 1 aliphatic rings. The molecule has 1 aliphatic heterocycles. The third-order valence-electron chi connectivity index (χ3n) is 10.8. The third kappa shape index (κ3) is 22.8. The number of nitrogens with zero attached hydrogens (tertiary/aromatic N) is 2. The predicted molar refractivity (Wildman–Crippen MR) is 212 cm³/mol. The van der Waals surface area contributed by atoms with Crippen LogP contribution in [0.1, 0.15) is 226 Å². The molecule has 2 rings (SSSR count). The van der Waals surface area contributed by atoms with Crippen molar-refractivity contribution in [3.8, 4) is 0 Å². The quantitative estimate of drug-likeness (QED) is 0.0675. The second-order valence-corrected chi connectivity index (χ2v) is 15.2. The lowest BCUT2D eigenvalue weighted by atomic mass is 10.0. The van der Waals surface area contributed by atoms with Crippen molar-refractivity contribution >= 4 is 5.69 Å². The summed E-state index contributed by atoms with van der Waals surface area (Å²) >= 11 is 0. The summed E-state index contributed by atoms with van der Waals surface area (Å²) < 4.78 is 0. The Balaban J connectivity index is 1.48. The average Bonchev–Trinajstić information content (AvgIpc) is 3.50. The van der Waals surface area contributed by atoms with E-state index in [1.165, 1.54) is 224 Å². The molecule has 0 saturated carbocycles. The van der Waals surface area contributed by atoms with Gasteiger partial charge in [0.1, 0.15) is 6.17 Å². The molecule has 272 valence electrons. The van der Waals surface area contributed by atoms with Gasteiger partial charge in [0.05, 0.1) is 0 Å². The van der Waals surface area contributed by atoms with Crippen LogP contribution in [0.15, 0.2) is 42.7 Å². The highest BCUT2D eigenvalue weighted by atomic mass is 15.4. The molecule has 2 nitrogen and oxygen atoms in total. The molecular formula is C45H82N2. The maximum atomic E-state index is 2.65. The van der Waals surface area contributed by atoms with Gasteiger partial charge in [-0.1, -0.05) is 225 Å². The molecule has 0 aromatic heterocycles. The van der Waals surface area contributed by atoms with Crippen molar-refractivity contribution in [1.29, 1.82) is 0 Å². The maximum Gasteiger partial charge on any atom is 0.105 e. The molecule has 0 bridgehead atoms. The largest absolute Gasteiger partial charge is 0.356 e.